The molecule has 2 rings (SSSR count). The fraction of sp³-hybridized carbons (Fsp3) is 0.100. The average molecular weight is 228 g/mol. The highest BCUT2D eigenvalue weighted by atomic mass is 32.1. The molecule has 5 heteroatoms. The highest BCUT2D eigenvalue weighted by Gasteiger charge is 2.15. The number of carboxylic acid groups (broad SMARTS) is 1. The number of halogens is 2. The summed E-state index contributed by atoms with van der Waals surface area (Å²) in [6.07, 6.45) is -2.55. The molecule has 0 amide bonds. The summed E-state index contributed by atoms with van der Waals surface area (Å²) in [7, 11) is 0. The number of alkyl halides is 2. The smallest absolute Gasteiger partial charge is 0.337 e. The third-order valence-corrected chi connectivity index (χ3v) is 3.20. The van der Waals surface area contributed by atoms with Gasteiger partial charge in [-0.25, -0.2) is 13.6 Å². The van der Waals surface area contributed by atoms with E-state index in [0.717, 1.165) is 11.3 Å². The predicted octanol–water partition coefficient (Wildman–Crippen LogP) is 3.54. The summed E-state index contributed by atoms with van der Waals surface area (Å²) in [6, 6.07) is 5.92. The first-order valence-corrected chi connectivity index (χ1v) is 4.95. The summed E-state index contributed by atoms with van der Waals surface area (Å²) >= 11 is 0.829. The van der Waals surface area contributed by atoms with Crippen LogP contribution in [0.15, 0.2) is 24.3 Å². The molecule has 1 N–H and O–H groups in total. The van der Waals surface area contributed by atoms with Crippen molar-refractivity contribution in [3.05, 3.63) is 34.7 Å². The standard InChI is InChI=1S/C10H6F2O2S/c11-9(12)7-4-5-2-1-3-6(10(13)14)8(5)15-7/h1-4,9H,(H,13,14). The van der Waals surface area contributed by atoms with Crippen LogP contribution in [0.25, 0.3) is 10.1 Å². The number of fused-ring (bicyclic) bond motifs is 1. The molecule has 0 unspecified atom stereocenters. The minimum atomic E-state index is -2.55. The van der Waals surface area contributed by atoms with Gasteiger partial charge in [0.15, 0.2) is 0 Å². The Morgan fingerprint density at radius 3 is 2.73 bits per heavy atom. The van der Waals surface area contributed by atoms with Crippen molar-refractivity contribution in [2.24, 2.45) is 0 Å². The average Bonchev–Trinajstić information content (AvgIpc) is 2.60. The van der Waals surface area contributed by atoms with E-state index in [1.54, 1.807) is 12.1 Å². The Bertz CT molecular complexity index is 519. The maximum atomic E-state index is 12.4. The monoisotopic (exact) mass is 228 g/mol. The van der Waals surface area contributed by atoms with Crippen molar-refractivity contribution < 1.29 is 18.7 Å². The fourth-order valence-corrected chi connectivity index (χ4v) is 2.38. The van der Waals surface area contributed by atoms with E-state index in [0.29, 0.717) is 10.1 Å². The SMILES string of the molecule is O=C(O)c1cccc2cc(C(F)F)sc12. The zero-order valence-electron chi connectivity index (χ0n) is 7.41. The summed E-state index contributed by atoms with van der Waals surface area (Å²) < 4.78 is 25.2. The van der Waals surface area contributed by atoms with Crippen LogP contribution >= 0.6 is 11.3 Å². The van der Waals surface area contributed by atoms with Gasteiger partial charge in [-0.3, -0.25) is 0 Å². The molecule has 0 aliphatic carbocycles. The van der Waals surface area contributed by atoms with Crippen molar-refractivity contribution in [3.8, 4) is 0 Å². The van der Waals surface area contributed by atoms with E-state index < -0.39 is 12.4 Å². The van der Waals surface area contributed by atoms with E-state index in [9.17, 15) is 13.6 Å². The van der Waals surface area contributed by atoms with Gasteiger partial charge in [-0.05, 0) is 17.5 Å². The number of hydrogen-bond acceptors (Lipinski definition) is 2. The van der Waals surface area contributed by atoms with E-state index in [1.807, 2.05) is 0 Å². The van der Waals surface area contributed by atoms with Crippen molar-refractivity contribution in [3.63, 3.8) is 0 Å². The minimum Gasteiger partial charge on any atom is -0.478 e. The van der Waals surface area contributed by atoms with Crippen molar-refractivity contribution in [1.82, 2.24) is 0 Å². The number of hydrogen-bond donors (Lipinski definition) is 1. The van der Waals surface area contributed by atoms with Crippen LogP contribution < -0.4 is 0 Å². The topological polar surface area (TPSA) is 37.3 Å². The highest BCUT2D eigenvalue weighted by Crippen LogP contribution is 2.34. The predicted molar refractivity (Wildman–Crippen MR) is 53.7 cm³/mol. The van der Waals surface area contributed by atoms with Crippen LogP contribution in [0.4, 0.5) is 8.78 Å². The molecule has 0 bridgehead atoms. The second kappa shape index (κ2) is 3.58. The zero-order valence-corrected chi connectivity index (χ0v) is 8.22. The van der Waals surface area contributed by atoms with Crippen molar-refractivity contribution in [1.29, 1.82) is 0 Å². The molecular formula is C10H6F2O2S. The van der Waals surface area contributed by atoms with Crippen LogP contribution in [-0.2, 0) is 0 Å². The lowest BCUT2D eigenvalue weighted by Gasteiger charge is -1.94. The third-order valence-electron chi connectivity index (χ3n) is 2.01. The van der Waals surface area contributed by atoms with Gasteiger partial charge in [0.25, 0.3) is 6.43 Å². The number of carbonyl (C=O) groups is 1. The van der Waals surface area contributed by atoms with Gasteiger partial charge in [0, 0.05) is 4.70 Å². The Labute approximate surface area is 87.8 Å². The number of benzene rings is 1. The molecule has 0 saturated heterocycles. The molecule has 2 aromatic rings. The molecule has 1 aromatic carbocycles. The number of aromatic carboxylic acids is 1. The fourth-order valence-electron chi connectivity index (χ4n) is 1.36. The van der Waals surface area contributed by atoms with E-state index in [-0.39, 0.29) is 10.4 Å². The van der Waals surface area contributed by atoms with Crippen molar-refractivity contribution >= 4 is 27.4 Å². The molecule has 15 heavy (non-hydrogen) atoms. The number of carboxylic acids is 1. The minimum absolute atomic E-state index is 0.0735. The van der Waals surface area contributed by atoms with E-state index >= 15 is 0 Å². The largest absolute Gasteiger partial charge is 0.478 e. The van der Waals surface area contributed by atoms with Crippen molar-refractivity contribution in [2.45, 2.75) is 6.43 Å². The molecule has 0 fully saturated rings. The molecule has 0 saturated carbocycles. The zero-order chi connectivity index (χ0) is 11.0. The Balaban J connectivity index is 2.70. The lowest BCUT2D eigenvalue weighted by atomic mass is 10.1. The van der Waals surface area contributed by atoms with E-state index in [4.69, 9.17) is 5.11 Å². The van der Waals surface area contributed by atoms with Gasteiger partial charge >= 0.3 is 5.97 Å². The highest BCUT2D eigenvalue weighted by molar-refractivity contribution is 7.19. The van der Waals surface area contributed by atoms with Crippen LogP contribution in [0, 0.1) is 0 Å². The maximum absolute atomic E-state index is 12.4. The summed E-state index contributed by atoms with van der Waals surface area (Å²) in [5.74, 6) is -1.09. The lowest BCUT2D eigenvalue weighted by Crippen LogP contribution is -1.94. The second-order valence-electron chi connectivity index (χ2n) is 2.98. The molecule has 78 valence electrons. The van der Waals surface area contributed by atoms with Crippen LogP contribution in [0.3, 0.4) is 0 Å². The Morgan fingerprint density at radius 2 is 2.13 bits per heavy atom. The maximum Gasteiger partial charge on any atom is 0.337 e. The van der Waals surface area contributed by atoms with Gasteiger partial charge in [0.05, 0.1) is 10.4 Å². The summed E-state index contributed by atoms with van der Waals surface area (Å²) in [5, 5.41) is 9.40. The van der Waals surface area contributed by atoms with Crippen LogP contribution in [0.2, 0.25) is 0 Å². The molecule has 0 aliphatic rings. The Morgan fingerprint density at radius 1 is 1.40 bits per heavy atom. The molecule has 2 nitrogen and oxygen atoms in total. The molecular weight excluding hydrogens is 222 g/mol. The molecule has 1 aromatic heterocycles. The lowest BCUT2D eigenvalue weighted by molar-refractivity contribution is 0.0699. The molecule has 0 aliphatic heterocycles. The molecule has 0 radical (unpaired) electrons. The summed E-state index contributed by atoms with van der Waals surface area (Å²) in [6.45, 7) is 0. The van der Waals surface area contributed by atoms with E-state index in [1.165, 1.54) is 12.1 Å². The summed E-state index contributed by atoms with van der Waals surface area (Å²) in [4.78, 5) is 10.7. The van der Waals surface area contributed by atoms with Crippen LogP contribution in [0.5, 0.6) is 0 Å². The third kappa shape index (κ3) is 1.70. The van der Waals surface area contributed by atoms with Gasteiger partial charge in [-0.2, -0.15) is 0 Å². The second-order valence-corrected chi connectivity index (χ2v) is 4.06. The van der Waals surface area contributed by atoms with Gasteiger partial charge in [0.1, 0.15) is 0 Å². The van der Waals surface area contributed by atoms with Crippen LogP contribution in [-0.4, -0.2) is 11.1 Å². The van der Waals surface area contributed by atoms with Crippen molar-refractivity contribution in [2.75, 3.05) is 0 Å². The van der Waals surface area contributed by atoms with Gasteiger partial charge < -0.3 is 5.11 Å². The quantitative estimate of drug-likeness (QED) is 0.853. The molecule has 0 atom stereocenters. The molecule has 0 spiro atoms. The first-order chi connectivity index (χ1) is 7.09. The Kier molecular flexibility index (Phi) is 2.40. The Hall–Kier alpha value is -1.49. The first-order valence-electron chi connectivity index (χ1n) is 4.13. The first kappa shape index (κ1) is 10.0. The summed E-state index contributed by atoms with van der Waals surface area (Å²) in [5.41, 5.74) is 0.0735. The van der Waals surface area contributed by atoms with Gasteiger partial charge in [-0.15, -0.1) is 11.3 Å². The van der Waals surface area contributed by atoms with Gasteiger partial charge in [0.2, 0.25) is 0 Å². The van der Waals surface area contributed by atoms with Crippen LogP contribution in [0.1, 0.15) is 21.7 Å². The van der Waals surface area contributed by atoms with Gasteiger partial charge in [-0.1, -0.05) is 12.1 Å². The number of thiophene rings is 1. The normalized spacial score (nSPS) is 11.1. The number of rotatable bonds is 2. The van der Waals surface area contributed by atoms with E-state index in [2.05, 4.69) is 0 Å². The molecule has 1 heterocycles.